The molecule has 106 valence electrons. The third-order valence-corrected chi connectivity index (χ3v) is 3.99. The number of sulfonamides is 1. The maximum absolute atomic E-state index is 13.7. The molecule has 3 N–H and O–H groups in total. The molecule has 1 aromatic carbocycles. The molecule has 2 rings (SSSR count). The summed E-state index contributed by atoms with van der Waals surface area (Å²) in [6.07, 6.45) is 2.72. The summed E-state index contributed by atoms with van der Waals surface area (Å²) >= 11 is 0. The van der Waals surface area contributed by atoms with Gasteiger partial charge in [0.2, 0.25) is 0 Å². The van der Waals surface area contributed by atoms with Crippen molar-refractivity contribution in [2.24, 2.45) is 0 Å². The summed E-state index contributed by atoms with van der Waals surface area (Å²) in [6.45, 7) is 1.63. The van der Waals surface area contributed by atoms with Crippen LogP contribution in [0, 0.1) is 18.6 Å². The molecule has 0 fully saturated rings. The van der Waals surface area contributed by atoms with Crippen molar-refractivity contribution >= 4 is 21.4 Å². The van der Waals surface area contributed by atoms with Gasteiger partial charge in [0.25, 0.3) is 10.0 Å². The summed E-state index contributed by atoms with van der Waals surface area (Å²) in [5.41, 5.74) is 5.76. The predicted octanol–water partition coefficient (Wildman–Crippen LogP) is 2.05. The number of hydrogen-bond acceptors (Lipinski definition) is 4. The molecule has 0 unspecified atom stereocenters. The van der Waals surface area contributed by atoms with Gasteiger partial charge in [0.1, 0.15) is 11.6 Å². The lowest BCUT2D eigenvalue weighted by Gasteiger charge is -2.11. The molecule has 0 spiro atoms. The van der Waals surface area contributed by atoms with Gasteiger partial charge in [-0.25, -0.2) is 17.2 Å². The standard InChI is InChI=1S/C12H11F2N3O2S/c1-7-2-3-16-6-11(7)17-20(18,19)12-9(13)4-8(15)5-10(12)14/h2-6,17H,15H2,1H3. The van der Waals surface area contributed by atoms with Crippen molar-refractivity contribution in [1.82, 2.24) is 4.98 Å². The number of aromatic nitrogens is 1. The maximum atomic E-state index is 13.7. The van der Waals surface area contributed by atoms with E-state index in [2.05, 4.69) is 9.71 Å². The Hall–Kier alpha value is -2.22. The smallest absolute Gasteiger partial charge is 0.267 e. The van der Waals surface area contributed by atoms with Gasteiger partial charge in [-0.1, -0.05) is 0 Å². The Morgan fingerprint density at radius 1 is 1.25 bits per heavy atom. The number of nitrogens with two attached hydrogens (primary N) is 1. The number of anilines is 2. The lowest BCUT2D eigenvalue weighted by Crippen LogP contribution is -2.17. The molecule has 2 aromatic rings. The van der Waals surface area contributed by atoms with Crippen molar-refractivity contribution in [2.75, 3.05) is 10.5 Å². The Morgan fingerprint density at radius 2 is 1.85 bits per heavy atom. The predicted molar refractivity (Wildman–Crippen MR) is 70.6 cm³/mol. The molecule has 1 heterocycles. The van der Waals surface area contributed by atoms with E-state index in [0.717, 1.165) is 12.1 Å². The first-order valence-electron chi connectivity index (χ1n) is 5.49. The van der Waals surface area contributed by atoms with Crippen LogP contribution in [0.15, 0.2) is 35.5 Å². The molecule has 0 amide bonds. The SMILES string of the molecule is Cc1ccncc1NS(=O)(=O)c1c(F)cc(N)cc1F. The number of nitrogens with zero attached hydrogens (tertiary/aromatic N) is 1. The fourth-order valence-corrected chi connectivity index (χ4v) is 2.84. The average molecular weight is 299 g/mol. The van der Waals surface area contributed by atoms with Gasteiger partial charge in [0, 0.05) is 11.9 Å². The topological polar surface area (TPSA) is 85.1 Å². The van der Waals surface area contributed by atoms with Crippen LogP contribution in [0.5, 0.6) is 0 Å². The summed E-state index contributed by atoms with van der Waals surface area (Å²) in [4.78, 5) is 2.67. The summed E-state index contributed by atoms with van der Waals surface area (Å²) in [5, 5.41) is 0. The van der Waals surface area contributed by atoms with Gasteiger partial charge in [-0.05, 0) is 30.7 Å². The fourth-order valence-electron chi connectivity index (χ4n) is 1.60. The Balaban J connectivity index is 2.50. The number of halogens is 2. The molecule has 20 heavy (non-hydrogen) atoms. The zero-order chi connectivity index (χ0) is 14.9. The van der Waals surface area contributed by atoms with Crippen molar-refractivity contribution in [1.29, 1.82) is 0 Å². The van der Waals surface area contributed by atoms with E-state index in [1.54, 1.807) is 13.0 Å². The van der Waals surface area contributed by atoms with Gasteiger partial charge in [-0.15, -0.1) is 0 Å². The second-order valence-electron chi connectivity index (χ2n) is 4.11. The highest BCUT2D eigenvalue weighted by Gasteiger charge is 2.25. The van der Waals surface area contributed by atoms with E-state index >= 15 is 0 Å². The zero-order valence-electron chi connectivity index (χ0n) is 10.4. The Bertz CT molecular complexity index is 740. The number of aryl methyl sites for hydroxylation is 1. The van der Waals surface area contributed by atoms with Gasteiger partial charge < -0.3 is 5.73 Å². The van der Waals surface area contributed by atoms with Crippen LogP contribution in [0.1, 0.15) is 5.56 Å². The molecule has 0 radical (unpaired) electrons. The molecule has 1 aromatic heterocycles. The minimum Gasteiger partial charge on any atom is -0.399 e. The van der Waals surface area contributed by atoms with Crippen molar-refractivity contribution in [3.05, 3.63) is 47.8 Å². The van der Waals surface area contributed by atoms with Crippen LogP contribution in [0.3, 0.4) is 0 Å². The van der Waals surface area contributed by atoms with E-state index in [1.807, 2.05) is 0 Å². The van der Waals surface area contributed by atoms with E-state index in [4.69, 9.17) is 5.73 Å². The molecule has 0 aliphatic rings. The van der Waals surface area contributed by atoms with E-state index in [0.29, 0.717) is 5.56 Å². The molecule has 0 atom stereocenters. The molecular formula is C12H11F2N3O2S. The molecular weight excluding hydrogens is 288 g/mol. The van der Waals surface area contributed by atoms with Crippen LogP contribution in [-0.4, -0.2) is 13.4 Å². The minimum atomic E-state index is -4.41. The van der Waals surface area contributed by atoms with Crippen LogP contribution in [0.4, 0.5) is 20.2 Å². The van der Waals surface area contributed by atoms with Gasteiger partial charge in [0.15, 0.2) is 4.90 Å². The first-order chi connectivity index (χ1) is 9.31. The van der Waals surface area contributed by atoms with Gasteiger partial charge in [0.05, 0.1) is 11.9 Å². The number of pyridine rings is 1. The van der Waals surface area contributed by atoms with Gasteiger partial charge >= 0.3 is 0 Å². The summed E-state index contributed by atoms with van der Waals surface area (Å²) in [5.74, 6) is -2.51. The Kier molecular flexibility index (Phi) is 3.58. The van der Waals surface area contributed by atoms with Crippen LogP contribution < -0.4 is 10.5 Å². The molecule has 8 heteroatoms. The number of nitrogen functional groups attached to an aromatic ring is 1. The molecule has 0 saturated carbocycles. The normalized spacial score (nSPS) is 11.3. The minimum absolute atomic E-state index is 0.142. The van der Waals surface area contributed by atoms with Gasteiger partial charge in [-0.2, -0.15) is 0 Å². The quantitative estimate of drug-likeness (QED) is 0.849. The van der Waals surface area contributed by atoms with E-state index in [1.165, 1.54) is 12.4 Å². The summed E-state index contributed by atoms with van der Waals surface area (Å²) in [6, 6.07) is 3.05. The van der Waals surface area contributed by atoms with Crippen LogP contribution in [-0.2, 0) is 10.0 Å². The van der Waals surface area contributed by atoms with Gasteiger partial charge in [-0.3, -0.25) is 9.71 Å². The van der Waals surface area contributed by atoms with Crippen molar-refractivity contribution < 1.29 is 17.2 Å². The number of benzene rings is 1. The highest BCUT2D eigenvalue weighted by Crippen LogP contribution is 2.24. The fraction of sp³-hybridized carbons (Fsp3) is 0.0833. The third-order valence-electron chi connectivity index (χ3n) is 2.57. The van der Waals surface area contributed by atoms with E-state index < -0.39 is 26.6 Å². The molecule has 0 aliphatic carbocycles. The average Bonchev–Trinajstić information content (AvgIpc) is 2.30. The van der Waals surface area contributed by atoms with Crippen LogP contribution in [0.2, 0.25) is 0 Å². The lowest BCUT2D eigenvalue weighted by molar-refractivity contribution is 0.522. The highest BCUT2D eigenvalue weighted by molar-refractivity contribution is 7.92. The summed E-state index contributed by atoms with van der Waals surface area (Å²) < 4.78 is 53.5. The van der Waals surface area contributed by atoms with Crippen LogP contribution in [0.25, 0.3) is 0 Å². The number of rotatable bonds is 3. The Labute approximate surface area is 114 Å². The monoisotopic (exact) mass is 299 g/mol. The van der Waals surface area contributed by atoms with Crippen molar-refractivity contribution in [2.45, 2.75) is 11.8 Å². The maximum Gasteiger partial charge on any atom is 0.267 e. The highest BCUT2D eigenvalue weighted by atomic mass is 32.2. The molecule has 0 bridgehead atoms. The number of hydrogen-bond donors (Lipinski definition) is 2. The molecule has 0 aliphatic heterocycles. The number of nitrogens with one attached hydrogen (secondary N) is 1. The van der Waals surface area contributed by atoms with E-state index in [-0.39, 0.29) is 11.4 Å². The first kappa shape index (κ1) is 14.2. The zero-order valence-corrected chi connectivity index (χ0v) is 11.2. The largest absolute Gasteiger partial charge is 0.399 e. The second kappa shape index (κ2) is 5.04. The van der Waals surface area contributed by atoms with Crippen LogP contribution >= 0.6 is 0 Å². The first-order valence-corrected chi connectivity index (χ1v) is 6.97. The lowest BCUT2D eigenvalue weighted by atomic mass is 10.3. The Morgan fingerprint density at radius 3 is 2.40 bits per heavy atom. The second-order valence-corrected chi connectivity index (χ2v) is 5.73. The van der Waals surface area contributed by atoms with Crippen molar-refractivity contribution in [3.8, 4) is 0 Å². The third kappa shape index (κ3) is 2.69. The molecule has 5 nitrogen and oxygen atoms in total. The van der Waals surface area contributed by atoms with Crippen molar-refractivity contribution in [3.63, 3.8) is 0 Å². The summed E-state index contributed by atoms with van der Waals surface area (Å²) in [7, 11) is -4.41. The molecule has 0 saturated heterocycles. The van der Waals surface area contributed by atoms with E-state index in [9.17, 15) is 17.2 Å².